The Hall–Kier alpha value is -2.32. The Kier molecular flexibility index (Phi) is 6.22. The Morgan fingerprint density at radius 2 is 2.08 bits per heavy atom. The predicted molar refractivity (Wildman–Crippen MR) is 89.8 cm³/mol. The van der Waals surface area contributed by atoms with Crippen molar-refractivity contribution in [2.24, 2.45) is 10.7 Å². The smallest absolute Gasteiger partial charge is 0.269 e. The number of rotatable bonds is 2. The number of hydrogen-bond acceptors (Lipinski definition) is 4. The summed E-state index contributed by atoms with van der Waals surface area (Å²) < 4.78 is 45.2. The average molecular weight is 372 g/mol. The summed E-state index contributed by atoms with van der Waals surface area (Å²) in [6.07, 6.45) is 0.306. The van der Waals surface area contributed by atoms with Gasteiger partial charge in [0, 0.05) is 18.0 Å². The molecule has 0 spiro atoms. The number of hydrogen-bond donors (Lipinski definition) is 1. The van der Waals surface area contributed by atoms with Crippen molar-refractivity contribution < 1.29 is 17.9 Å². The van der Waals surface area contributed by atoms with E-state index in [0.717, 1.165) is 12.1 Å². The maximum Gasteiger partial charge on any atom is 0.269 e. The number of nitrogens with one attached hydrogen (secondary N) is 1. The first-order valence-electron chi connectivity index (χ1n) is 7.12. The molecule has 2 aromatic rings. The first kappa shape index (κ1) is 19.0. The van der Waals surface area contributed by atoms with Crippen molar-refractivity contribution in [2.45, 2.75) is 12.0 Å². The minimum Gasteiger partial charge on any atom is -0.699 e. The number of benzene rings is 1. The first-order chi connectivity index (χ1) is 11.8. The molecule has 3 N–H and O–H groups in total. The number of amidine groups is 1. The van der Waals surface area contributed by atoms with Crippen LogP contribution in [0, 0.1) is 5.82 Å². The highest BCUT2D eigenvalue weighted by molar-refractivity contribution is 6.30. The number of pyridine rings is 1. The van der Waals surface area contributed by atoms with Crippen LogP contribution in [0.15, 0.2) is 47.7 Å². The molecule has 0 bridgehead atoms. The highest BCUT2D eigenvalue weighted by atomic mass is 35.5. The molecule has 0 radical (unpaired) electrons. The van der Waals surface area contributed by atoms with E-state index in [1.807, 2.05) is 0 Å². The molecule has 1 aliphatic rings. The van der Waals surface area contributed by atoms with Crippen LogP contribution in [0.25, 0.3) is 5.73 Å². The fraction of sp³-hybridized carbons (Fsp3) is 0.250. The summed E-state index contributed by atoms with van der Waals surface area (Å²) in [5.41, 5.74) is 10.2. The second kappa shape index (κ2) is 8.17. The Labute approximate surface area is 147 Å². The van der Waals surface area contributed by atoms with E-state index < -0.39 is 24.4 Å². The number of aromatic nitrogens is 1. The zero-order valence-electron chi connectivity index (χ0n) is 12.9. The second-order valence-electron chi connectivity index (χ2n) is 5.19. The monoisotopic (exact) mass is 371 g/mol. The van der Waals surface area contributed by atoms with E-state index in [9.17, 15) is 13.2 Å². The van der Waals surface area contributed by atoms with Crippen LogP contribution in [0.4, 0.5) is 18.9 Å². The van der Waals surface area contributed by atoms with Gasteiger partial charge >= 0.3 is 0 Å². The molecule has 1 atom stereocenters. The summed E-state index contributed by atoms with van der Waals surface area (Å²) in [6.45, 7) is -0.525. The van der Waals surface area contributed by atoms with Gasteiger partial charge in [-0.15, -0.1) is 5.69 Å². The number of nitrogens with two attached hydrogens (primary N) is 1. The molecule has 9 heteroatoms. The van der Waals surface area contributed by atoms with Crippen LogP contribution in [0.2, 0.25) is 5.02 Å². The largest absolute Gasteiger partial charge is 0.699 e. The van der Waals surface area contributed by atoms with Crippen LogP contribution in [0.3, 0.4) is 0 Å². The van der Waals surface area contributed by atoms with E-state index in [-0.39, 0.29) is 23.7 Å². The molecule has 0 unspecified atom stereocenters. The molecule has 1 aromatic heterocycles. The quantitative estimate of drug-likeness (QED) is 0.862. The number of ether oxygens (including phenoxy) is 1. The van der Waals surface area contributed by atoms with Gasteiger partial charge in [-0.2, -0.15) is 0 Å². The standard InChI is InChI=1S/C11H11F3N3O.C5H4ClN/c12-8-2-1-6(15)3-7(8)11(10(13)14)5-18-4-9(16)17-11;6-5-2-1-3-7-4-5/h1-3,10,15H,4-5H2,(H2,16,17);1-4H/q-1;/t11-;/m0./s1. The van der Waals surface area contributed by atoms with Gasteiger partial charge in [-0.3, -0.25) is 9.98 Å². The normalized spacial score (nSPS) is 19.8. The molecule has 2 heterocycles. The molecule has 5 nitrogen and oxygen atoms in total. The van der Waals surface area contributed by atoms with Crippen LogP contribution >= 0.6 is 11.6 Å². The highest BCUT2D eigenvalue weighted by Gasteiger charge is 2.46. The van der Waals surface area contributed by atoms with Gasteiger partial charge < -0.3 is 16.2 Å². The van der Waals surface area contributed by atoms with E-state index in [1.54, 1.807) is 24.5 Å². The minimum absolute atomic E-state index is 0.0589. The Morgan fingerprint density at radius 3 is 2.60 bits per heavy atom. The third-order valence-corrected chi connectivity index (χ3v) is 3.56. The summed E-state index contributed by atoms with van der Waals surface area (Å²) in [7, 11) is 0. The van der Waals surface area contributed by atoms with Gasteiger partial charge in [-0.25, -0.2) is 13.2 Å². The van der Waals surface area contributed by atoms with Crippen LogP contribution in [0.1, 0.15) is 5.56 Å². The molecule has 25 heavy (non-hydrogen) atoms. The van der Waals surface area contributed by atoms with E-state index in [2.05, 4.69) is 9.98 Å². The highest BCUT2D eigenvalue weighted by Crippen LogP contribution is 2.38. The lowest BCUT2D eigenvalue weighted by Crippen LogP contribution is -2.45. The lowest BCUT2D eigenvalue weighted by Gasteiger charge is -2.33. The van der Waals surface area contributed by atoms with E-state index >= 15 is 0 Å². The Balaban J connectivity index is 0.000000269. The fourth-order valence-electron chi connectivity index (χ4n) is 2.20. The molecular weight excluding hydrogens is 357 g/mol. The Bertz CT molecular complexity index is 745. The maximum atomic E-state index is 13.7. The van der Waals surface area contributed by atoms with Crippen molar-refractivity contribution in [3.8, 4) is 0 Å². The van der Waals surface area contributed by atoms with Gasteiger partial charge in [0.05, 0.1) is 11.6 Å². The van der Waals surface area contributed by atoms with Crippen molar-refractivity contribution in [3.05, 3.63) is 64.9 Å². The second-order valence-corrected chi connectivity index (χ2v) is 5.62. The first-order valence-corrected chi connectivity index (χ1v) is 7.50. The number of aliphatic imine (C=N–C) groups is 1. The molecule has 134 valence electrons. The van der Waals surface area contributed by atoms with Crippen LogP contribution in [-0.4, -0.2) is 30.5 Å². The van der Waals surface area contributed by atoms with Crippen LogP contribution in [0.5, 0.6) is 0 Å². The number of alkyl halides is 2. The van der Waals surface area contributed by atoms with Crippen LogP contribution in [-0.2, 0) is 10.3 Å². The topological polar surface area (TPSA) is 84.3 Å². The number of halogens is 4. The lowest BCUT2D eigenvalue weighted by atomic mass is 9.90. The van der Waals surface area contributed by atoms with Gasteiger partial charge in [-0.1, -0.05) is 23.7 Å². The predicted octanol–water partition coefficient (Wildman–Crippen LogP) is 4.09. The summed E-state index contributed by atoms with van der Waals surface area (Å²) in [6, 6.07) is 6.74. The van der Waals surface area contributed by atoms with Gasteiger partial charge in [0.15, 0.2) is 5.54 Å². The lowest BCUT2D eigenvalue weighted by molar-refractivity contribution is -0.0145. The van der Waals surface area contributed by atoms with Gasteiger partial charge in [0.25, 0.3) is 6.43 Å². The van der Waals surface area contributed by atoms with E-state index in [1.165, 1.54) is 6.07 Å². The zero-order chi connectivity index (χ0) is 18.4. The molecular formula is C16H15ClF3N4O-. The molecule has 1 aromatic carbocycles. The fourth-order valence-corrected chi connectivity index (χ4v) is 2.33. The maximum absolute atomic E-state index is 13.7. The minimum atomic E-state index is -2.98. The van der Waals surface area contributed by atoms with Crippen molar-refractivity contribution in [1.29, 1.82) is 0 Å². The van der Waals surface area contributed by atoms with Gasteiger partial charge in [0.1, 0.15) is 18.3 Å². The molecule has 0 aliphatic carbocycles. The average Bonchev–Trinajstić information content (AvgIpc) is 2.58. The summed E-state index contributed by atoms with van der Waals surface area (Å²) in [5.74, 6) is -0.968. The molecule has 0 saturated heterocycles. The SMILES string of the molecule is Clc1cccnc1.[NH-]c1ccc(F)c([C@]2(C(F)F)COCC(N)=N2)c1. The molecule has 3 rings (SSSR count). The van der Waals surface area contributed by atoms with Gasteiger partial charge in [0.2, 0.25) is 0 Å². The Morgan fingerprint density at radius 1 is 1.32 bits per heavy atom. The molecule has 1 aliphatic heterocycles. The summed E-state index contributed by atoms with van der Waals surface area (Å²) >= 11 is 5.48. The third kappa shape index (κ3) is 4.61. The van der Waals surface area contributed by atoms with Crippen molar-refractivity contribution in [2.75, 3.05) is 13.2 Å². The van der Waals surface area contributed by atoms with Crippen molar-refractivity contribution >= 4 is 23.1 Å². The zero-order valence-corrected chi connectivity index (χ0v) is 13.7. The van der Waals surface area contributed by atoms with Crippen molar-refractivity contribution in [1.82, 2.24) is 4.98 Å². The molecule has 0 saturated carbocycles. The van der Waals surface area contributed by atoms with Crippen molar-refractivity contribution in [3.63, 3.8) is 0 Å². The number of nitrogens with zero attached hydrogens (tertiary/aromatic N) is 2. The third-order valence-electron chi connectivity index (χ3n) is 3.33. The van der Waals surface area contributed by atoms with Crippen LogP contribution < -0.4 is 5.73 Å². The molecule has 0 amide bonds. The summed E-state index contributed by atoms with van der Waals surface area (Å²) in [5, 5.41) is 0.683. The van der Waals surface area contributed by atoms with E-state index in [0.29, 0.717) is 5.02 Å². The van der Waals surface area contributed by atoms with Gasteiger partial charge in [-0.05, 0) is 18.2 Å². The van der Waals surface area contributed by atoms with E-state index in [4.69, 9.17) is 27.8 Å². The molecule has 0 fully saturated rings. The summed E-state index contributed by atoms with van der Waals surface area (Å²) in [4.78, 5) is 7.43.